The highest BCUT2D eigenvalue weighted by atomic mass is 32.1. The van der Waals surface area contributed by atoms with Crippen molar-refractivity contribution in [2.24, 2.45) is 0 Å². The molecule has 0 rings (SSSR count). The van der Waals surface area contributed by atoms with Gasteiger partial charge in [-0.15, -0.1) is 0 Å². The second-order valence-electron chi connectivity index (χ2n) is 1.82. The Morgan fingerprint density at radius 3 is 2.30 bits per heavy atom. The Hall–Kier alpha value is -0.100. The van der Waals surface area contributed by atoms with Crippen LogP contribution < -0.4 is 0 Å². The van der Waals surface area contributed by atoms with Crippen LogP contribution in [0, 0.1) is 0 Å². The topological polar surface area (TPSA) is 60.7 Å². The molecule has 5 heteroatoms. The number of aliphatic hydroxyl groups is 3. The predicted molar refractivity (Wildman–Crippen MR) is 37.7 cm³/mol. The summed E-state index contributed by atoms with van der Waals surface area (Å²) >= 11 is 4.17. The fourth-order valence-electron chi connectivity index (χ4n) is 0.401. The first-order valence-corrected chi connectivity index (χ1v) is 3.17. The van der Waals surface area contributed by atoms with Crippen LogP contribution in [0.5, 0.6) is 0 Å². The van der Waals surface area contributed by atoms with Crippen LogP contribution in [0.2, 0.25) is 0 Å². The summed E-state index contributed by atoms with van der Waals surface area (Å²) in [6.07, 6.45) is -4.85. The lowest BCUT2D eigenvalue weighted by Gasteiger charge is -2.15. The maximum atomic E-state index is 12.3. The highest BCUT2D eigenvalue weighted by Gasteiger charge is 2.23. The van der Waals surface area contributed by atoms with Gasteiger partial charge in [0.25, 0.3) is 0 Å². The Bertz CT molecular complexity index is 111. The first-order chi connectivity index (χ1) is 4.63. The van der Waals surface area contributed by atoms with E-state index < -0.39 is 25.0 Å². The molecule has 0 spiro atoms. The van der Waals surface area contributed by atoms with Gasteiger partial charge in [-0.05, 0) is 0 Å². The van der Waals surface area contributed by atoms with Gasteiger partial charge < -0.3 is 15.3 Å². The third-order valence-electron chi connectivity index (χ3n) is 1.04. The molecule has 0 aromatic heterocycles. The Kier molecular flexibility index (Phi) is 4.63. The van der Waals surface area contributed by atoms with Gasteiger partial charge in [-0.1, -0.05) is 12.2 Å². The van der Waals surface area contributed by atoms with E-state index in [2.05, 4.69) is 12.2 Å². The highest BCUT2D eigenvalue weighted by molar-refractivity contribution is 7.79. The van der Waals surface area contributed by atoms with E-state index in [1.165, 1.54) is 0 Å². The van der Waals surface area contributed by atoms with E-state index >= 15 is 0 Å². The Balaban J connectivity index is 3.80. The van der Waals surface area contributed by atoms with Gasteiger partial charge in [0.1, 0.15) is 12.2 Å². The smallest absolute Gasteiger partial charge is 0.157 e. The van der Waals surface area contributed by atoms with Crippen LogP contribution in [0.3, 0.4) is 0 Å². The van der Waals surface area contributed by atoms with Crippen molar-refractivity contribution in [1.82, 2.24) is 0 Å². The number of alkyl halides is 1. The lowest BCUT2D eigenvalue weighted by Crippen LogP contribution is -2.37. The molecule has 3 nitrogen and oxygen atoms in total. The maximum absolute atomic E-state index is 12.3. The van der Waals surface area contributed by atoms with Crippen molar-refractivity contribution in [2.75, 3.05) is 6.61 Å². The second-order valence-corrected chi connectivity index (χ2v) is 2.09. The molecule has 0 amide bonds. The summed E-state index contributed by atoms with van der Waals surface area (Å²) in [6, 6.07) is 0. The zero-order valence-corrected chi connectivity index (χ0v) is 5.96. The van der Waals surface area contributed by atoms with Gasteiger partial charge in [-0.3, -0.25) is 0 Å². The zero-order valence-electron chi connectivity index (χ0n) is 5.14. The molecule has 0 saturated carbocycles. The monoisotopic (exact) mass is 168 g/mol. The molecule has 3 N–H and O–H groups in total. The van der Waals surface area contributed by atoms with E-state index in [0.29, 0.717) is 5.37 Å². The van der Waals surface area contributed by atoms with E-state index in [-0.39, 0.29) is 0 Å². The predicted octanol–water partition coefficient (Wildman–Crippen LogP) is -0.962. The minimum absolute atomic E-state index is 0.676. The molecule has 10 heavy (non-hydrogen) atoms. The van der Waals surface area contributed by atoms with E-state index in [1.54, 1.807) is 0 Å². The molecule has 0 unspecified atom stereocenters. The molecule has 0 aliphatic rings. The van der Waals surface area contributed by atoms with E-state index in [0.717, 1.165) is 0 Å². The summed E-state index contributed by atoms with van der Waals surface area (Å²) in [5.41, 5.74) is 0. The molecule has 3 atom stereocenters. The van der Waals surface area contributed by atoms with Gasteiger partial charge in [-0.25, -0.2) is 4.39 Å². The second kappa shape index (κ2) is 4.68. The average Bonchev–Trinajstić information content (AvgIpc) is 2.00. The fraction of sp³-hybridized carbons (Fsp3) is 0.800. The van der Waals surface area contributed by atoms with Gasteiger partial charge in [-0.2, -0.15) is 0 Å². The lowest BCUT2D eigenvalue weighted by molar-refractivity contribution is -0.0350. The maximum Gasteiger partial charge on any atom is 0.157 e. The van der Waals surface area contributed by atoms with Gasteiger partial charge in [0.15, 0.2) is 6.17 Å². The lowest BCUT2D eigenvalue weighted by atomic mass is 10.1. The molecule has 0 aliphatic carbocycles. The van der Waals surface area contributed by atoms with Crippen LogP contribution in [-0.2, 0) is 0 Å². The molecular formula is C5H9FO3S. The van der Waals surface area contributed by atoms with Gasteiger partial charge in [0, 0.05) is 5.37 Å². The number of rotatable bonds is 4. The van der Waals surface area contributed by atoms with Crippen molar-refractivity contribution in [3.63, 3.8) is 0 Å². The summed E-state index contributed by atoms with van der Waals surface area (Å²) in [6.45, 7) is -0.676. The van der Waals surface area contributed by atoms with Crippen LogP contribution in [0.1, 0.15) is 0 Å². The summed E-state index contributed by atoms with van der Waals surface area (Å²) in [4.78, 5) is 0. The SMILES string of the molecule is OC[C@@H](O)[C@@H](O)[C@@H](F)C=S. The number of hydrogen-bond donors (Lipinski definition) is 3. The van der Waals surface area contributed by atoms with E-state index in [4.69, 9.17) is 15.3 Å². The number of hydrogen-bond acceptors (Lipinski definition) is 4. The minimum atomic E-state index is -1.77. The summed E-state index contributed by atoms with van der Waals surface area (Å²) in [7, 11) is 0. The largest absolute Gasteiger partial charge is 0.394 e. The number of thiocarbonyl (C=S) groups is 1. The molecule has 0 aliphatic heterocycles. The summed E-state index contributed by atoms with van der Waals surface area (Å²) in [5, 5.41) is 26.2. The number of halogens is 1. The first-order valence-electron chi connectivity index (χ1n) is 2.69. The zero-order chi connectivity index (χ0) is 8.15. The van der Waals surface area contributed by atoms with Crippen molar-refractivity contribution in [1.29, 1.82) is 0 Å². The fourth-order valence-corrected chi connectivity index (χ4v) is 0.562. The highest BCUT2D eigenvalue weighted by Crippen LogP contribution is 2.01. The molecule has 0 bridgehead atoms. The third kappa shape index (κ3) is 2.66. The molecule has 0 aromatic rings. The van der Waals surface area contributed by atoms with E-state index in [9.17, 15) is 4.39 Å². The summed E-state index contributed by atoms with van der Waals surface area (Å²) in [5.74, 6) is 0. The van der Waals surface area contributed by atoms with Crippen LogP contribution >= 0.6 is 12.2 Å². The van der Waals surface area contributed by atoms with Gasteiger partial charge in [0.2, 0.25) is 0 Å². The summed E-state index contributed by atoms with van der Waals surface area (Å²) < 4.78 is 12.3. The third-order valence-corrected chi connectivity index (χ3v) is 1.30. The molecule has 0 radical (unpaired) electrons. The van der Waals surface area contributed by atoms with Crippen molar-refractivity contribution in [3.8, 4) is 0 Å². The Morgan fingerprint density at radius 2 is 2.00 bits per heavy atom. The molecule has 60 valence electrons. The Labute approximate surface area is 63.1 Å². The quantitative estimate of drug-likeness (QED) is 0.473. The molecular weight excluding hydrogens is 159 g/mol. The van der Waals surface area contributed by atoms with Crippen LogP contribution in [-0.4, -0.2) is 45.7 Å². The molecule has 0 fully saturated rings. The van der Waals surface area contributed by atoms with Crippen LogP contribution in [0.15, 0.2) is 0 Å². The number of aliphatic hydroxyl groups excluding tert-OH is 3. The molecule has 0 saturated heterocycles. The van der Waals surface area contributed by atoms with Crippen molar-refractivity contribution >= 4 is 17.6 Å². The van der Waals surface area contributed by atoms with Crippen molar-refractivity contribution in [3.05, 3.63) is 0 Å². The van der Waals surface area contributed by atoms with Gasteiger partial charge in [0.05, 0.1) is 6.61 Å². The van der Waals surface area contributed by atoms with Gasteiger partial charge >= 0.3 is 0 Å². The average molecular weight is 168 g/mol. The van der Waals surface area contributed by atoms with Crippen LogP contribution in [0.25, 0.3) is 0 Å². The first kappa shape index (κ1) is 9.90. The van der Waals surface area contributed by atoms with Crippen molar-refractivity contribution in [2.45, 2.75) is 18.4 Å². The van der Waals surface area contributed by atoms with Crippen molar-refractivity contribution < 1.29 is 19.7 Å². The van der Waals surface area contributed by atoms with E-state index in [1.807, 2.05) is 0 Å². The molecule has 0 heterocycles. The standard InChI is InChI=1S/C5H9FO3S/c6-3(2-10)5(9)4(8)1-7/h2-5,7-9H,1H2/t3-,4+,5-/m0/s1. The molecule has 0 aromatic carbocycles. The minimum Gasteiger partial charge on any atom is -0.394 e. The normalized spacial score (nSPS) is 19.6. The van der Waals surface area contributed by atoms with Crippen LogP contribution in [0.4, 0.5) is 4.39 Å². The Morgan fingerprint density at radius 1 is 1.50 bits per heavy atom.